The summed E-state index contributed by atoms with van der Waals surface area (Å²) in [6.07, 6.45) is 1.16. The van der Waals surface area contributed by atoms with E-state index in [9.17, 15) is 9.59 Å². The highest BCUT2D eigenvalue weighted by atomic mass is 35.5. The van der Waals surface area contributed by atoms with Crippen molar-refractivity contribution in [2.24, 2.45) is 5.92 Å². The van der Waals surface area contributed by atoms with Gasteiger partial charge >= 0.3 is 0 Å². The molecule has 0 aliphatic heterocycles. The standard InChI is InChI=1S/C20H21ClN2O3/c1-12-16(7-5-8-17(12)23-20(25)14-10-11-14)22-19(24)13(2)26-18-9-4-3-6-15(18)21/h3-9,13-14H,10-11H2,1-2H3,(H,22,24)(H,23,25). The normalized spacial score (nSPS) is 14.4. The molecule has 2 aromatic rings. The Morgan fingerprint density at radius 1 is 1.08 bits per heavy atom. The van der Waals surface area contributed by atoms with Crippen LogP contribution in [0.4, 0.5) is 11.4 Å². The van der Waals surface area contributed by atoms with E-state index in [-0.39, 0.29) is 17.7 Å². The average Bonchev–Trinajstić information content (AvgIpc) is 3.45. The first kappa shape index (κ1) is 18.3. The SMILES string of the molecule is Cc1c(NC(=O)C2CC2)cccc1NC(=O)C(C)Oc1ccccc1Cl. The van der Waals surface area contributed by atoms with Gasteiger partial charge in [0.25, 0.3) is 5.91 Å². The molecule has 3 rings (SSSR count). The number of carbonyl (C=O) groups is 2. The summed E-state index contributed by atoms with van der Waals surface area (Å²) in [5, 5.41) is 6.23. The van der Waals surface area contributed by atoms with E-state index in [1.54, 1.807) is 43.3 Å². The minimum Gasteiger partial charge on any atom is -0.479 e. The number of ether oxygens (including phenoxy) is 1. The van der Waals surface area contributed by atoms with E-state index in [0.717, 1.165) is 18.4 Å². The predicted octanol–water partition coefficient (Wildman–Crippen LogP) is 4.40. The lowest BCUT2D eigenvalue weighted by Crippen LogP contribution is -2.30. The Bertz CT molecular complexity index is 834. The third-order valence-corrected chi connectivity index (χ3v) is 4.62. The van der Waals surface area contributed by atoms with Crippen LogP contribution in [0.1, 0.15) is 25.3 Å². The molecule has 0 aromatic heterocycles. The van der Waals surface area contributed by atoms with Gasteiger partial charge < -0.3 is 15.4 Å². The zero-order valence-electron chi connectivity index (χ0n) is 14.7. The summed E-state index contributed by atoms with van der Waals surface area (Å²) < 4.78 is 5.64. The molecule has 2 amide bonds. The number of nitrogens with one attached hydrogen (secondary N) is 2. The van der Waals surface area contributed by atoms with Gasteiger partial charge in [0.05, 0.1) is 5.02 Å². The fourth-order valence-corrected chi connectivity index (χ4v) is 2.69. The van der Waals surface area contributed by atoms with E-state index in [4.69, 9.17) is 16.3 Å². The first-order valence-electron chi connectivity index (χ1n) is 8.58. The summed E-state index contributed by atoms with van der Waals surface area (Å²) in [6, 6.07) is 12.4. The van der Waals surface area contributed by atoms with Crippen LogP contribution in [-0.4, -0.2) is 17.9 Å². The summed E-state index contributed by atoms with van der Waals surface area (Å²) in [5.41, 5.74) is 2.15. The highest BCUT2D eigenvalue weighted by molar-refractivity contribution is 6.32. The molecule has 0 radical (unpaired) electrons. The van der Waals surface area contributed by atoms with Gasteiger partial charge in [0.1, 0.15) is 5.75 Å². The van der Waals surface area contributed by atoms with E-state index in [1.807, 2.05) is 13.0 Å². The smallest absolute Gasteiger partial charge is 0.265 e. The average molecular weight is 373 g/mol. The molecule has 26 heavy (non-hydrogen) atoms. The Labute approximate surface area is 157 Å². The summed E-state index contributed by atoms with van der Waals surface area (Å²) in [7, 11) is 0. The second kappa shape index (κ2) is 7.79. The van der Waals surface area contributed by atoms with Crippen LogP contribution < -0.4 is 15.4 Å². The molecule has 0 saturated heterocycles. The summed E-state index contributed by atoms with van der Waals surface area (Å²) in [4.78, 5) is 24.4. The molecule has 0 spiro atoms. The van der Waals surface area contributed by atoms with Gasteiger partial charge in [-0.2, -0.15) is 0 Å². The van der Waals surface area contributed by atoms with Crippen molar-refractivity contribution in [1.29, 1.82) is 0 Å². The van der Waals surface area contributed by atoms with Gasteiger partial charge in [-0.15, -0.1) is 0 Å². The maximum atomic E-state index is 12.5. The van der Waals surface area contributed by atoms with Crippen molar-refractivity contribution in [2.75, 3.05) is 10.6 Å². The first-order chi connectivity index (χ1) is 12.5. The Balaban J connectivity index is 1.66. The number of hydrogen-bond donors (Lipinski definition) is 2. The monoisotopic (exact) mass is 372 g/mol. The third kappa shape index (κ3) is 4.35. The quantitative estimate of drug-likeness (QED) is 0.789. The number of amides is 2. The zero-order valence-corrected chi connectivity index (χ0v) is 15.5. The molecule has 1 aliphatic rings. The fraction of sp³-hybridized carbons (Fsp3) is 0.300. The lowest BCUT2D eigenvalue weighted by molar-refractivity contribution is -0.122. The molecule has 1 saturated carbocycles. The molecular formula is C20H21ClN2O3. The molecule has 1 fully saturated rings. The van der Waals surface area contributed by atoms with Crippen LogP contribution in [0.5, 0.6) is 5.75 Å². The van der Waals surface area contributed by atoms with Crippen LogP contribution in [0.15, 0.2) is 42.5 Å². The molecule has 2 aromatic carbocycles. The van der Waals surface area contributed by atoms with Gasteiger partial charge in [-0.1, -0.05) is 29.8 Å². The molecular weight excluding hydrogens is 352 g/mol. The summed E-state index contributed by atoms with van der Waals surface area (Å²) in [5.74, 6) is 0.321. The minimum absolute atomic E-state index is 0.0343. The fourth-order valence-electron chi connectivity index (χ4n) is 2.51. The molecule has 136 valence electrons. The summed E-state index contributed by atoms with van der Waals surface area (Å²) >= 11 is 6.06. The zero-order chi connectivity index (χ0) is 18.7. The second-order valence-corrected chi connectivity index (χ2v) is 6.83. The highest BCUT2D eigenvalue weighted by Gasteiger charge is 2.30. The number of anilines is 2. The van der Waals surface area contributed by atoms with Crippen LogP contribution in [0.2, 0.25) is 5.02 Å². The molecule has 0 bridgehead atoms. The first-order valence-corrected chi connectivity index (χ1v) is 8.96. The van der Waals surface area contributed by atoms with Crippen LogP contribution in [-0.2, 0) is 9.59 Å². The van der Waals surface area contributed by atoms with E-state index in [2.05, 4.69) is 10.6 Å². The maximum absolute atomic E-state index is 12.5. The van der Waals surface area contributed by atoms with Crippen molar-refractivity contribution < 1.29 is 14.3 Å². The van der Waals surface area contributed by atoms with Crippen molar-refractivity contribution >= 4 is 34.8 Å². The molecule has 5 nitrogen and oxygen atoms in total. The molecule has 0 heterocycles. The van der Waals surface area contributed by atoms with E-state index in [0.29, 0.717) is 22.1 Å². The number of para-hydroxylation sites is 1. The van der Waals surface area contributed by atoms with Crippen molar-refractivity contribution in [2.45, 2.75) is 32.8 Å². The molecule has 1 atom stereocenters. The number of halogens is 1. The predicted molar refractivity (Wildman–Crippen MR) is 103 cm³/mol. The Kier molecular flexibility index (Phi) is 5.47. The Morgan fingerprint density at radius 3 is 2.38 bits per heavy atom. The van der Waals surface area contributed by atoms with Crippen molar-refractivity contribution in [1.82, 2.24) is 0 Å². The van der Waals surface area contributed by atoms with Gasteiger partial charge in [-0.3, -0.25) is 9.59 Å². The van der Waals surface area contributed by atoms with Gasteiger partial charge in [-0.25, -0.2) is 0 Å². The number of hydrogen-bond acceptors (Lipinski definition) is 3. The van der Waals surface area contributed by atoms with Crippen LogP contribution >= 0.6 is 11.6 Å². The molecule has 1 aliphatic carbocycles. The summed E-state index contributed by atoms with van der Waals surface area (Å²) in [6.45, 7) is 3.52. The lowest BCUT2D eigenvalue weighted by atomic mass is 10.1. The Hall–Kier alpha value is -2.53. The van der Waals surface area contributed by atoms with E-state index < -0.39 is 6.10 Å². The van der Waals surface area contributed by atoms with Crippen molar-refractivity contribution in [3.05, 3.63) is 53.1 Å². The molecule has 2 N–H and O–H groups in total. The molecule has 6 heteroatoms. The third-order valence-electron chi connectivity index (χ3n) is 4.31. The van der Waals surface area contributed by atoms with Gasteiger partial charge in [0.2, 0.25) is 5.91 Å². The topological polar surface area (TPSA) is 67.4 Å². The number of benzene rings is 2. The second-order valence-electron chi connectivity index (χ2n) is 6.42. The van der Waals surface area contributed by atoms with E-state index >= 15 is 0 Å². The van der Waals surface area contributed by atoms with Crippen LogP contribution in [0, 0.1) is 12.8 Å². The maximum Gasteiger partial charge on any atom is 0.265 e. The van der Waals surface area contributed by atoms with Gasteiger partial charge in [0, 0.05) is 17.3 Å². The largest absolute Gasteiger partial charge is 0.479 e. The van der Waals surface area contributed by atoms with Gasteiger partial charge in [-0.05, 0) is 56.5 Å². The van der Waals surface area contributed by atoms with E-state index in [1.165, 1.54) is 0 Å². The van der Waals surface area contributed by atoms with Crippen LogP contribution in [0.25, 0.3) is 0 Å². The molecule has 1 unspecified atom stereocenters. The Morgan fingerprint density at radius 2 is 1.73 bits per heavy atom. The number of rotatable bonds is 6. The minimum atomic E-state index is -0.723. The van der Waals surface area contributed by atoms with Gasteiger partial charge in [0.15, 0.2) is 6.10 Å². The lowest BCUT2D eigenvalue weighted by Gasteiger charge is -2.17. The number of carbonyl (C=O) groups excluding carboxylic acids is 2. The van der Waals surface area contributed by atoms with Crippen molar-refractivity contribution in [3.8, 4) is 5.75 Å². The van der Waals surface area contributed by atoms with Crippen molar-refractivity contribution in [3.63, 3.8) is 0 Å². The highest BCUT2D eigenvalue weighted by Crippen LogP contribution is 2.32. The van der Waals surface area contributed by atoms with Crippen LogP contribution in [0.3, 0.4) is 0 Å².